The summed E-state index contributed by atoms with van der Waals surface area (Å²) >= 11 is 0. The summed E-state index contributed by atoms with van der Waals surface area (Å²) in [7, 11) is 0. The maximum absolute atomic E-state index is 13.0. The third-order valence-corrected chi connectivity index (χ3v) is 4.19. The fourth-order valence-electron chi connectivity index (χ4n) is 2.86. The van der Waals surface area contributed by atoms with Crippen LogP contribution < -0.4 is 5.32 Å². The molecule has 0 fully saturated rings. The van der Waals surface area contributed by atoms with Crippen molar-refractivity contribution in [1.82, 2.24) is 0 Å². The number of fused-ring (bicyclic) bond motifs is 1. The van der Waals surface area contributed by atoms with E-state index in [1.165, 1.54) is 0 Å². The molecule has 0 saturated carbocycles. The normalized spacial score (nSPS) is 14.7. The first-order valence-corrected chi connectivity index (χ1v) is 8.45. The summed E-state index contributed by atoms with van der Waals surface area (Å²) in [5.74, 6) is -0.586. The molecule has 0 atom stereocenters. The lowest BCUT2D eigenvalue weighted by Crippen LogP contribution is -2.17. The molecule has 5 nitrogen and oxygen atoms in total. The Morgan fingerprint density at radius 1 is 0.741 bits per heavy atom. The van der Waals surface area contributed by atoms with E-state index >= 15 is 0 Å². The summed E-state index contributed by atoms with van der Waals surface area (Å²) in [5.41, 5.74) is 2.89. The number of nitrogens with one attached hydrogen (secondary N) is 1. The molecule has 1 amide bonds. The lowest BCUT2D eigenvalue weighted by atomic mass is 10.0. The van der Waals surface area contributed by atoms with Gasteiger partial charge in [-0.2, -0.15) is 0 Å². The molecule has 0 aliphatic carbocycles. The highest BCUT2D eigenvalue weighted by atomic mass is 16.2. The first-order chi connectivity index (χ1) is 13.2. The first-order valence-electron chi connectivity index (χ1n) is 8.45. The predicted molar refractivity (Wildman–Crippen MR) is 105 cm³/mol. The van der Waals surface area contributed by atoms with Gasteiger partial charge in [0.2, 0.25) is 5.78 Å². The van der Waals surface area contributed by atoms with Gasteiger partial charge in [-0.25, -0.2) is 0 Å². The van der Waals surface area contributed by atoms with Crippen molar-refractivity contribution in [1.29, 1.82) is 0 Å². The zero-order valence-electron chi connectivity index (χ0n) is 14.3. The highest BCUT2D eigenvalue weighted by Crippen LogP contribution is 2.23. The molecule has 0 aromatic heterocycles. The maximum atomic E-state index is 13.0. The number of para-hydroxylation sites is 1. The summed E-state index contributed by atoms with van der Waals surface area (Å²) in [5, 5.41) is 11.1. The van der Waals surface area contributed by atoms with Crippen molar-refractivity contribution in [2.45, 2.75) is 0 Å². The van der Waals surface area contributed by atoms with Gasteiger partial charge in [0.25, 0.3) is 5.91 Å². The van der Waals surface area contributed by atoms with Crippen LogP contribution in [0.25, 0.3) is 0 Å². The van der Waals surface area contributed by atoms with Crippen molar-refractivity contribution in [2.24, 2.45) is 10.2 Å². The summed E-state index contributed by atoms with van der Waals surface area (Å²) < 4.78 is 0. The number of anilines is 1. The van der Waals surface area contributed by atoms with Gasteiger partial charge in [-0.3, -0.25) is 9.59 Å². The van der Waals surface area contributed by atoms with Gasteiger partial charge in [0.15, 0.2) is 5.71 Å². The molecule has 5 heteroatoms. The molecule has 0 saturated heterocycles. The van der Waals surface area contributed by atoms with E-state index in [1.807, 2.05) is 36.4 Å². The number of hydrogen-bond acceptors (Lipinski definition) is 4. The van der Waals surface area contributed by atoms with E-state index in [4.69, 9.17) is 0 Å². The minimum Gasteiger partial charge on any atom is -0.320 e. The maximum Gasteiger partial charge on any atom is 0.276 e. The zero-order valence-corrected chi connectivity index (χ0v) is 14.3. The Bertz CT molecular complexity index is 1070. The average molecular weight is 353 g/mol. The largest absolute Gasteiger partial charge is 0.320 e. The van der Waals surface area contributed by atoms with Crippen LogP contribution in [0.1, 0.15) is 21.5 Å². The smallest absolute Gasteiger partial charge is 0.276 e. The van der Waals surface area contributed by atoms with E-state index in [-0.39, 0.29) is 23.1 Å². The molecule has 3 aromatic rings. The monoisotopic (exact) mass is 353 g/mol. The van der Waals surface area contributed by atoms with Gasteiger partial charge in [0.1, 0.15) is 5.71 Å². The van der Waals surface area contributed by atoms with Gasteiger partial charge in [-0.15, -0.1) is 10.2 Å². The molecule has 27 heavy (non-hydrogen) atoms. The molecule has 3 aromatic carbocycles. The van der Waals surface area contributed by atoms with Crippen molar-refractivity contribution >= 4 is 28.8 Å². The van der Waals surface area contributed by atoms with Crippen LogP contribution in [0.3, 0.4) is 0 Å². The Hall–Kier alpha value is -3.86. The van der Waals surface area contributed by atoms with Gasteiger partial charge in [-0.05, 0) is 6.07 Å². The average Bonchev–Trinajstić information content (AvgIpc) is 3.05. The summed E-state index contributed by atoms with van der Waals surface area (Å²) in [4.78, 5) is 25.2. The molecule has 1 heterocycles. The number of nitrogens with zero attached hydrogens (tertiary/aromatic N) is 2. The summed E-state index contributed by atoms with van der Waals surface area (Å²) in [6, 6.07) is 25.2. The minimum atomic E-state index is -0.334. The van der Waals surface area contributed by atoms with Gasteiger partial charge in [-0.1, -0.05) is 78.9 Å². The number of ketones is 1. The number of hydrogen-bond donors (Lipinski definition) is 1. The van der Waals surface area contributed by atoms with Crippen LogP contribution in [0.2, 0.25) is 0 Å². The van der Waals surface area contributed by atoms with Gasteiger partial charge in [0.05, 0.1) is 5.69 Å². The van der Waals surface area contributed by atoms with Crippen LogP contribution in [0.4, 0.5) is 5.69 Å². The number of carbonyl (C=O) groups is 2. The molecule has 0 bridgehead atoms. The number of carbonyl (C=O) groups excluding carboxylic acids is 2. The van der Waals surface area contributed by atoms with Crippen LogP contribution in [0.15, 0.2) is 95.1 Å². The molecule has 1 N–H and O–H groups in total. The Labute approximate surface area is 156 Å². The van der Waals surface area contributed by atoms with Crippen LogP contribution in [-0.4, -0.2) is 23.1 Å². The second-order valence-electron chi connectivity index (χ2n) is 5.96. The van der Waals surface area contributed by atoms with Crippen LogP contribution in [0.5, 0.6) is 0 Å². The van der Waals surface area contributed by atoms with Crippen LogP contribution in [-0.2, 0) is 4.79 Å². The third kappa shape index (κ3) is 3.30. The van der Waals surface area contributed by atoms with Crippen LogP contribution >= 0.6 is 0 Å². The molecule has 130 valence electrons. The Balaban J connectivity index is 1.80. The molecule has 1 aliphatic heterocycles. The standard InChI is InChI=1S/C22H15N3O2/c26-21(16-11-5-2-6-12-16)19(15-9-3-1-4-10-15)24-25-20-17-13-7-8-14-18(17)23-22(20)27/h1-14H,(H,23,25,27)/b24-19-. The molecule has 4 rings (SSSR count). The number of Topliss-reactive ketones (excluding diaryl/α,β-unsaturated/α-hetero) is 1. The molecule has 0 radical (unpaired) electrons. The Kier molecular flexibility index (Phi) is 4.41. The van der Waals surface area contributed by atoms with Gasteiger partial charge >= 0.3 is 0 Å². The molecular weight excluding hydrogens is 338 g/mol. The van der Waals surface area contributed by atoms with E-state index in [1.54, 1.807) is 48.5 Å². The van der Waals surface area contributed by atoms with E-state index < -0.39 is 0 Å². The van der Waals surface area contributed by atoms with Crippen molar-refractivity contribution in [3.05, 3.63) is 102 Å². The summed E-state index contributed by atoms with van der Waals surface area (Å²) in [6.07, 6.45) is 0. The fourth-order valence-corrected chi connectivity index (χ4v) is 2.86. The molecule has 0 spiro atoms. The van der Waals surface area contributed by atoms with Gasteiger partial charge in [0, 0.05) is 16.7 Å². The summed E-state index contributed by atoms with van der Waals surface area (Å²) in [6.45, 7) is 0. The van der Waals surface area contributed by atoms with Crippen molar-refractivity contribution in [2.75, 3.05) is 5.32 Å². The second-order valence-corrected chi connectivity index (χ2v) is 5.96. The Morgan fingerprint density at radius 3 is 2.04 bits per heavy atom. The van der Waals surface area contributed by atoms with Crippen LogP contribution in [0, 0.1) is 0 Å². The van der Waals surface area contributed by atoms with E-state index in [2.05, 4.69) is 15.5 Å². The minimum absolute atomic E-state index is 0.187. The van der Waals surface area contributed by atoms with Gasteiger partial charge < -0.3 is 5.32 Å². The quantitative estimate of drug-likeness (QED) is 0.441. The lowest BCUT2D eigenvalue weighted by molar-refractivity contribution is -0.110. The van der Waals surface area contributed by atoms with E-state index in [0.717, 1.165) is 0 Å². The number of rotatable bonds is 4. The molecular formula is C22H15N3O2. The number of benzene rings is 3. The van der Waals surface area contributed by atoms with Crippen molar-refractivity contribution in [3.63, 3.8) is 0 Å². The lowest BCUT2D eigenvalue weighted by Gasteiger charge is -2.05. The van der Waals surface area contributed by atoms with Crippen molar-refractivity contribution in [3.8, 4) is 0 Å². The fraction of sp³-hybridized carbons (Fsp3) is 0. The molecule has 0 unspecified atom stereocenters. The third-order valence-electron chi connectivity index (χ3n) is 4.19. The van der Waals surface area contributed by atoms with E-state index in [0.29, 0.717) is 22.4 Å². The van der Waals surface area contributed by atoms with Crippen molar-refractivity contribution < 1.29 is 9.59 Å². The zero-order chi connectivity index (χ0) is 18.6. The highest BCUT2D eigenvalue weighted by Gasteiger charge is 2.26. The first kappa shape index (κ1) is 16.6. The SMILES string of the molecule is O=C1Nc2ccccc2/C1=N/N=C(\C(=O)c1ccccc1)c1ccccc1. The Morgan fingerprint density at radius 2 is 1.33 bits per heavy atom. The second kappa shape index (κ2) is 7.17. The molecule has 1 aliphatic rings. The predicted octanol–water partition coefficient (Wildman–Crippen LogP) is 3.72. The topological polar surface area (TPSA) is 70.9 Å². The number of amides is 1. The van der Waals surface area contributed by atoms with E-state index in [9.17, 15) is 9.59 Å². The highest BCUT2D eigenvalue weighted by molar-refractivity contribution is 6.54.